The van der Waals surface area contributed by atoms with Crippen LogP contribution in [0.15, 0.2) is 6.20 Å². The average molecular weight is 180 g/mol. The number of aryl methyl sites for hydroxylation is 1. The van der Waals surface area contributed by atoms with Crippen molar-refractivity contribution in [2.45, 2.75) is 20.3 Å². The van der Waals surface area contributed by atoms with Crippen LogP contribution < -0.4 is 10.6 Å². The fourth-order valence-corrected chi connectivity index (χ4v) is 0.985. The van der Waals surface area contributed by atoms with Gasteiger partial charge >= 0.3 is 0 Å². The van der Waals surface area contributed by atoms with Crippen molar-refractivity contribution in [1.82, 2.24) is 9.97 Å². The van der Waals surface area contributed by atoms with Gasteiger partial charge in [-0.3, -0.25) is 0 Å². The summed E-state index contributed by atoms with van der Waals surface area (Å²) in [5.41, 5.74) is 1.08. The number of anilines is 2. The van der Waals surface area contributed by atoms with Gasteiger partial charge in [-0.05, 0) is 13.3 Å². The van der Waals surface area contributed by atoms with Crippen molar-refractivity contribution in [2.75, 3.05) is 24.2 Å². The first-order chi connectivity index (χ1) is 6.27. The van der Waals surface area contributed by atoms with E-state index in [1.165, 1.54) is 0 Å². The van der Waals surface area contributed by atoms with E-state index >= 15 is 0 Å². The molecule has 1 aromatic rings. The Hall–Kier alpha value is -1.32. The highest BCUT2D eigenvalue weighted by molar-refractivity contribution is 5.45. The molecular formula is C9H16N4. The SMILES string of the molecule is CCCNc1nc(NC)ncc1C. The van der Waals surface area contributed by atoms with Crippen LogP contribution in [0.1, 0.15) is 18.9 Å². The lowest BCUT2D eigenvalue weighted by Crippen LogP contribution is -2.06. The van der Waals surface area contributed by atoms with Crippen molar-refractivity contribution in [2.24, 2.45) is 0 Å². The van der Waals surface area contributed by atoms with Crippen LogP contribution in [0.5, 0.6) is 0 Å². The van der Waals surface area contributed by atoms with E-state index in [1.54, 1.807) is 0 Å². The van der Waals surface area contributed by atoms with Gasteiger partial charge in [0.05, 0.1) is 0 Å². The highest BCUT2D eigenvalue weighted by Crippen LogP contribution is 2.11. The monoisotopic (exact) mass is 180 g/mol. The van der Waals surface area contributed by atoms with Crippen LogP contribution >= 0.6 is 0 Å². The lowest BCUT2D eigenvalue weighted by molar-refractivity contribution is 0.960. The van der Waals surface area contributed by atoms with E-state index in [0.717, 1.165) is 24.3 Å². The van der Waals surface area contributed by atoms with Crippen LogP contribution in [0, 0.1) is 6.92 Å². The van der Waals surface area contributed by atoms with Gasteiger partial charge in [-0.15, -0.1) is 0 Å². The van der Waals surface area contributed by atoms with Gasteiger partial charge in [-0.25, -0.2) is 4.98 Å². The van der Waals surface area contributed by atoms with Gasteiger partial charge in [0.2, 0.25) is 5.95 Å². The number of rotatable bonds is 4. The van der Waals surface area contributed by atoms with Crippen LogP contribution in [0.25, 0.3) is 0 Å². The maximum absolute atomic E-state index is 4.29. The summed E-state index contributed by atoms with van der Waals surface area (Å²) in [7, 11) is 1.81. The van der Waals surface area contributed by atoms with E-state index in [2.05, 4.69) is 27.5 Å². The lowest BCUT2D eigenvalue weighted by Gasteiger charge is -2.07. The van der Waals surface area contributed by atoms with Crippen molar-refractivity contribution in [3.63, 3.8) is 0 Å². The minimum absolute atomic E-state index is 0.657. The minimum Gasteiger partial charge on any atom is -0.370 e. The third-order valence-corrected chi connectivity index (χ3v) is 1.74. The molecule has 1 heterocycles. The second kappa shape index (κ2) is 4.64. The molecule has 0 bridgehead atoms. The molecule has 72 valence electrons. The average Bonchev–Trinajstić information content (AvgIpc) is 2.17. The zero-order valence-electron chi connectivity index (χ0n) is 8.39. The minimum atomic E-state index is 0.657. The van der Waals surface area contributed by atoms with E-state index in [9.17, 15) is 0 Å². The van der Waals surface area contributed by atoms with Gasteiger partial charge in [-0.2, -0.15) is 4.98 Å². The smallest absolute Gasteiger partial charge is 0.224 e. The number of hydrogen-bond acceptors (Lipinski definition) is 4. The number of nitrogens with one attached hydrogen (secondary N) is 2. The van der Waals surface area contributed by atoms with Crippen LogP contribution in [0.4, 0.5) is 11.8 Å². The fraction of sp³-hybridized carbons (Fsp3) is 0.556. The Morgan fingerprint density at radius 2 is 2.23 bits per heavy atom. The van der Waals surface area contributed by atoms with Crippen molar-refractivity contribution in [3.8, 4) is 0 Å². The van der Waals surface area contributed by atoms with E-state index in [0.29, 0.717) is 5.95 Å². The lowest BCUT2D eigenvalue weighted by atomic mass is 10.3. The van der Waals surface area contributed by atoms with Gasteiger partial charge in [0.25, 0.3) is 0 Å². The highest BCUT2D eigenvalue weighted by Gasteiger charge is 2.00. The first-order valence-corrected chi connectivity index (χ1v) is 4.53. The van der Waals surface area contributed by atoms with Crippen molar-refractivity contribution in [3.05, 3.63) is 11.8 Å². The van der Waals surface area contributed by atoms with Gasteiger partial charge in [-0.1, -0.05) is 6.92 Å². The predicted octanol–water partition coefficient (Wildman–Crippen LogP) is 1.65. The largest absolute Gasteiger partial charge is 0.370 e. The number of aromatic nitrogens is 2. The first-order valence-electron chi connectivity index (χ1n) is 4.53. The number of hydrogen-bond donors (Lipinski definition) is 2. The molecule has 0 aromatic carbocycles. The van der Waals surface area contributed by atoms with Crippen LogP contribution in [0.2, 0.25) is 0 Å². The molecule has 2 N–H and O–H groups in total. The summed E-state index contributed by atoms with van der Waals surface area (Å²) in [6, 6.07) is 0. The molecule has 1 aromatic heterocycles. The van der Waals surface area contributed by atoms with Crippen molar-refractivity contribution < 1.29 is 0 Å². The zero-order chi connectivity index (χ0) is 9.68. The summed E-state index contributed by atoms with van der Waals surface area (Å²) < 4.78 is 0. The maximum atomic E-state index is 4.29. The Balaban J connectivity index is 2.78. The molecule has 0 saturated heterocycles. The molecule has 0 atom stereocenters. The molecule has 0 unspecified atom stereocenters. The summed E-state index contributed by atoms with van der Waals surface area (Å²) in [5, 5.41) is 6.15. The number of nitrogens with zero attached hydrogens (tertiary/aromatic N) is 2. The topological polar surface area (TPSA) is 49.8 Å². The van der Waals surface area contributed by atoms with Crippen molar-refractivity contribution in [1.29, 1.82) is 0 Å². The second-order valence-electron chi connectivity index (χ2n) is 2.90. The molecule has 0 amide bonds. The van der Waals surface area contributed by atoms with Gasteiger partial charge in [0.15, 0.2) is 0 Å². The maximum Gasteiger partial charge on any atom is 0.224 e. The molecule has 0 radical (unpaired) electrons. The predicted molar refractivity (Wildman–Crippen MR) is 55.1 cm³/mol. The Kier molecular flexibility index (Phi) is 3.49. The molecular weight excluding hydrogens is 164 g/mol. The second-order valence-corrected chi connectivity index (χ2v) is 2.90. The van der Waals surface area contributed by atoms with Gasteiger partial charge in [0, 0.05) is 25.4 Å². The van der Waals surface area contributed by atoms with E-state index in [-0.39, 0.29) is 0 Å². The van der Waals surface area contributed by atoms with Crippen LogP contribution in [-0.4, -0.2) is 23.6 Å². The molecule has 0 fully saturated rings. The Morgan fingerprint density at radius 1 is 1.46 bits per heavy atom. The molecule has 1 rings (SSSR count). The van der Waals surface area contributed by atoms with Crippen LogP contribution in [-0.2, 0) is 0 Å². The molecule has 4 heteroatoms. The summed E-state index contributed by atoms with van der Waals surface area (Å²) in [4.78, 5) is 8.40. The summed E-state index contributed by atoms with van der Waals surface area (Å²) >= 11 is 0. The molecule has 0 spiro atoms. The zero-order valence-corrected chi connectivity index (χ0v) is 8.39. The molecule has 13 heavy (non-hydrogen) atoms. The van der Waals surface area contributed by atoms with Crippen molar-refractivity contribution >= 4 is 11.8 Å². The summed E-state index contributed by atoms with van der Waals surface area (Å²) in [6.07, 6.45) is 2.91. The Bertz CT molecular complexity index is 272. The first kappa shape index (κ1) is 9.77. The molecule has 0 saturated carbocycles. The normalized spacial score (nSPS) is 9.77. The van der Waals surface area contributed by atoms with Crippen LogP contribution in [0.3, 0.4) is 0 Å². The third-order valence-electron chi connectivity index (χ3n) is 1.74. The van der Waals surface area contributed by atoms with E-state index in [4.69, 9.17) is 0 Å². The molecule has 0 aliphatic carbocycles. The quantitative estimate of drug-likeness (QED) is 0.739. The molecule has 0 aliphatic heterocycles. The highest BCUT2D eigenvalue weighted by atomic mass is 15.1. The third kappa shape index (κ3) is 2.57. The summed E-state index contributed by atoms with van der Waals surface area (Å²) in [6.45, 7) is 5.07. The Labute approximate surface area is 78.8 Å². The van der Waals surface area contributed by atoms with E-state index in [1.807, 2.05) is 20.2 Å². The molecule has 4 nitrogen and oxygen atoms in total. The standard InChI is InChI=1S/C9H16N4/c1-4-5-11-8-7(2)6-12-9(10-3)13-8/h6H,4-5H2,1-3H3,(H2,10,11,12,13). The molecule has 0 aliphatic rings. The van der Waals surface area contributed by atoms with Gasteiger partial charge < -0.3 is 10.6 Å². The van der Waals surface area contributed by atoms with Gasteiger partial charge in [0.1, 0.15) is 5.82 Å². The fourth-order valence-electron chi connectivity index (χ4n) is 0.985. The Morgan fingerprint density at radius 3 is 2.85 bits per heavy atom. The van der Waals surface area contributed by atoms with E-state index < -0.39 is 0 Å². The summed E-state index contributed by atoms with van der Waals surface area (Å²) in [5.74, 6) is 1.57.